The summed E-state index contributed by atoms with van der Waals surface area (Å²) in [5.74, 6) is 0.970. The summed E-state index contributed by atoms with van der Waals surface area (Å²) >= 11 is 0. The maximum atomic E-state index is 4.37. The maximum absolute atomic E-state index is 4.37. The fourth-order valence-corrected chi connectivity index (χ4v) is 1.57. The summed E-state index contributed by atoms with van der Waals surface area (Å²) in [5.41, 5.74) is 3.51. The predicted octanol–water partition coefficient (Wildman–Crippen LogP) is 0.615. The normalized spacial score (nSPS) is 12.6. The topological polar surface area (TPSA) is 40.7 Å². The highest BCUT2D eigenvalue weighted by atomic mass is 15.0. The van der Waals surface area contributed by atoms with Gasteiger partial charge in [-0.15, -0.1) is 0 Å². The Morgan fingerprint density at radius 2 is 2.00 bits per heavy atom. The molecule has 2 N–H and O–H groups in total. The number of imidazole rings is 1. The lowest BCUT2D eigenvalue weighted by molar-refractivity contribution is 0.618. The molecule has 1 aromatic carbocycles. The Kier molecular flexibility index (Phi) is 3.10. The van der Waals surface area contributed by atoms with Crippen molar-refractivity contribution < 1.29 is 0 Å². The van der Waals surface area contributed by atoms with Gasteiger partial charge in [0.25, 0.3) is 0 Å². The van der Waals surface area contributed by atoms with E-state index in [1.165, 1.54) is 11.0 Å². The zero-order valence-electron chi connectivity index (χ0n) is 9.91. The number of hydrogen-bond acceptors (Lipinski definition) is 2. The molecular weight excluding hydrogens is 197 g/mol. The van der Waals surface area contributed by atoms with Gasteiger partial charge in [0, 0.05) is 0 Å². The second-order valence-electron chi connectivity index (χ2n) is 4.06. The van der Waals surface area contributed by atoms with Crippen LogP contribution in [0.3, 0.4) is 0 Å². The largest absolute Gasteiger partial charge is 0.341 e. The lowest BCUT2D eigenvalue weighted by Crippen LogP contribution is -2.13. The zero-order valence-corrected chi connectivity index (χ0v) is 9.91. The van der Waals surface area contributed by atoms with Gasteiger partial charge >= 0.3 is 0 Å². The Balaban J connectivity index is 2.28. The Labute approximate surface area is 96.7 Å². The van der Waals surface area contributed by atoms with Crippen LogP contribution < -0.4 is 10.8 Å². The molecule has 2 rings (SSSR count). The number of nitrogens with zero attached hydrogens (tertiary/aromatic N) is 1. The van der Waals surface area contributed by atoms with Crippen LogP contribution >= 0.6 is 0 Å². The van der Waals surface area contributed by atoms with Gasteiger partial charge < -0.3 is 10.3 Å². The fraction of sp³-hybridized carbons (Fsp3) is 0.250. The smallest absolute Gasteiger partial charge is 0.139 e. The number of H-pyrrole nitrogens is 1. The quantitative estimate of drug-likeness (QED) is 0.733. The third kappa shape index (κ3) is 2.17. The highest BCUT2D eigenvalue weighted by molar-refractivity contribution is 6.32. The van der Waals surface area contributed by atoms with Crippen molar-refractivity contribution in [2.45, 2.75) is 13.0 Å². The molecule has 1 heterocycles. The van der Waals surface area contributed by atoms with Crippen molar-refractivity contribution in [2.24, 2.45) is 0 Å². The minimum absolute atomic E-state index is 0.249. The average Bonchev–Trinajstić information content (AvgIpc) is 2.78. The van der Waals surface area contributed by atoms with Crippen molar-refractivity contribution in [3.63, 3.8) is 0 Å². The molecule has 0 unspecified atom stereocenters. The summed E-state index contributed by atoms with van der Waals surface area (Å²) in [4.78, 5) is 7.69. The van der Waals surface area contributed by atoms with Gasteiger partial charge in [0.15, 0.2) is 0 Å². The van der Waals surface area contributed by atoms with Crippen molar-refractivity contribution in [1.29, 1.82) is 0 Å². The summed E-state index contributed by atoms with van der Waals surface area (Å²) in [6.07, 6.45) is 1.88. The maximum Gasteiger partial charge on any atom is 0.139 e. The molecule has 0 saturated carbocycles. The number of rotatable bonds is 3. The first kappa shape index (κ1) is 11.0. The minimum Gasteiger partial charge on any atom is -0.341 e. The highest BCUT2D eigenvalue weighted by Gasteiger charge is 2.07. The zero-order chi connectivity index (χ0) is 11.5. The van der Waals surface area contributed by atoms with Crippen LogP contribution in [-0.2, 0) is 0 Å². The third-order valence-electron chi connectivity index (χ3n) is 2.80. The molecule has 0 spiro atoms. The molecule has 16 heavy (non-hydrogen) atoms. The number of aromatic amines is 1. The lowest BCUT2D eigenvalue weighted by atomic mass is 9.95. The van der Waals surface area contributed by atoms with E-state index < -0.39 is 0 Å². The standard InChI is InChI=1S/C12H16BN3/c1-8(14-2)12-15-7-11(16-12)9-3-5-10(13)6-4-9/h3-8,14H,13H2,1-2H3,(H,15,16)/t8-/m0/s1. The molecule has 0 saturated heterocycles. The first-order valence-electron chi connectivity index (χ1n) is 5.50. The monoisotopic (exact) mass is 213 g/mol. The van der Waals surface area contributed by atoms with Crippen LogP contribution in [0.5, 0.6) is 0 Å². The van der Waals surface area contributed by atoms with Crippen LogP contribution in [0.25, 0.3) is 11.3 Å². The molecule has 0 aliphatic heterocycles. The van der Waals surface area contributed by atoms with Crippen molar-refractivity contribution in [2.75, 3.05) is 7.05 Å². The average molecular weight is 213 g/mol. The Hall–Kier alpha value is -1.55. The minimum atomic E-state index is 0.249. The van der Waals surface area contributed by atoms with E-state index in [2.05, 4.69) is 54.3 Å². The molecule has 0 amide bonds. The third-order valence-corrected chi connectivity index (χ3v) is 2.80. The van der Waals surface area contributed by atoms with Crippen molar-refractivity contribution >= 4 is 13.3 Å². The number of aromatic nitrogens is 2. The Bertz CT molecular complexity index is 461. The molecule has 1 aromatic heterocycles. The summed E-state index contributed by atoms with van der Waals surface area (Å²) in [5, 5.41) is 3.16. The first-order chi connectivity index (χ1) is 7.70. The van der Waals surface area contributed by atoms with Crippen LogP contribution in [-0.4, -0.2) is 24.9 Å². The molecule has 0 bridgehead atoms. The Morgan fingerprint density at radius 1 is 1.31 bits per heavy atom. The SMILES string of the molecule is Bc1ccc(-c2cnc([C@H](C)NC)[nH]2)cc1. The second kappa shape index (κ2) is 4.53. The van der Waals surface area contributed by atoms with Crippen LogP contribution in [0.2, 0.25) is 0 Å². The van der Waals surface area contributed by atoms with E-state index >= 15 is 0 Å². The van der Waals surface area contributed by atoms with Gasteiger partial charge in [0.2, 0.25) is 0 Å². The predicted molar refractivity (Wildman–Crippen MR) is 69.7 cm³/mol. The molecule has 4 heteroatoms. The first-order valence-corrected chi connectivity index (χ1v) is 5.50. The molecule has 0 aliphatic carbocycles. The van der Waals surface area contributed by atoms with E-state index in [1.54, 1.807) is 0 Å². The number of nitrogens with one attached hydrogen (secondary N) is 2. The Morgan fingerprint density at radius 3 is 2.62 bits per heavy atom. The molecule has 1 atom stereocenters. The molecule has 3 nitrogen and oxygen atoms in total. The van der Waals surface area contributed by atoms with Gasteiger partial charge in [-0.3, -0.25) is 0 Å². The van der Waals surface area contributed by atoms with Crippen molar-refractivity contribution in [1.82, 2.24) is 15.3 Å². The van der Waals surface area contributed by atoms with Gasteiger partial charge in [0.1, 0.15) is 13.7 Å². The number of hydrogen-bond donors (Lipinski definition) is 2. The van der Waals surface area contributed by atoms with Gasteiger partial charge in [-0.2, -0.15) is 0 Å². The highest BCUT2D eigenvalue weighted by Crippen LogP contribution is 2.17. The summed E-state index contributed by atoms with van der Waals surface area (Å²) < 4.78 is 0. The van der Waals surface area contributed by atoms with E-state index in [0.717, 1.165) is 11.5 Å². The van der Waals surface area contributed by atoms with E-state index in [1.807, 2.05) is 13.2 Å². The van der Waals surface area contributed by atoms with Gasteiger partial charge in [-0.25, -0.2) is 4.98 Å². The van der Waals surface area contributed by atoms with Gasteiger partial charge in [-0.05, 0) is 19.5 Å². The molecule has 0 aliphatic rings. The van der Waals surface area contributed by atoms with Crippen LogP contribution in [0.15, 0.2) is 30.5 Å². The van der Waals surface area contributed by atoms with E-state index in [4.69, 9.17) is 0 Å². The molecule has 0 fully saturated rings. The number of benzene rings is 1. The van der Waals surface area contributed by atoms with Crippen LogP contribution in [0.4, 0.5) is 0 Å². The molecular formula is C12H16BN3. The summed E-state index contributed by atoms with van der Waals surface area (Å²) in [6, 6.07) is 8.68. The lowest BCUT2D eigenvalue weighted by Gasteiger charge is -2.05. The summed E-state index contributed by atoms with van der Waals surface area (Å²) in [6.45, 7) is 2.08. The van der Waals surface area contributed by atoms with E-state index in [0.29, 0.717) is 0 Å². The van der Waals surface area contributed by atoms with Crippen molar-refractivity contribution in [3.05, 3.63) is 36.3 Å². The second-order valence-corrected chi connectivity index (χ2v) is 4.06. The van der Waals surface area contributed by atoms with Crippen LogP contribution in [0.1, 0.15) is 18.8 Å². The van der Waals surface area contributed by atoms with Crippen LogP contribution in [0, 0.1) is 0 Å². The van der Waals surface area contributed by atoms with Gasteiger partial charge in [0.05, 0.1) is 17.9 Å². The van der Waals surface area contributed by atoms with Crippen molar-refractivity contribution in [3.8, 4) is 11.3 Å². The molecule has 2 aromatic rings. The molecule has 0 radical (unpaired) electrons. The molecule has 82 valence electrons. The summed E-state index contributed by atoms with van der Waals surface area (Å²) in [7, 11) is 4.02. The van der Waals surface area contributed by atoms with E-state index in [-0.39, 0.29) is 6.04 Å². The van der Waals surface area contributed by atoms with Gasteiger partial charge in [-0.1, -0.05) is 29.7 Å². The fourth-order valence-electron chi connectivity index (χ4n) is 1.57. The van der Waals surface area contributed by atoms with E-state index in [9.17, 15) is 0 Å².